The molecule has 0 bridgehead atoms. The van der Waals surface area contributed by atoms with E-state index in [4.69, 9.17) is 0 Å². The van der Waals surface area contributed by atoms with Crippen LogP contribution in [-0.4, -0.2) is 20.1 Å². The maximum atomic E-state index is 12.7. The Bertz CT molecular complexity index is 612. The summed E-state index contributed by atoms with van der Waals surface area (Å²) in [4.78, 5) is 13.3. The molecule has 7 nitrogen and oxygen atoms in total. The number of rotatable bonds is 4. The predicted octanol–water partition coefficient (Wildman–Crippen LogP) is 2.34. The minimum Gasteiger partial charge on any atom is -0.378 e. The summed E-state index contributed by atoms with van der Waals surface area (Å²) in [6.07, 6.45) is -3.54. The van der Waals surface area contributed by atoms with Gasteiger partial charge in [-0.05, 0) is 12.1 Å². The van der Waals surface area contributed by atoms with Crippen LogP contribution in [0.25, 0.3) is 0 Å². The number of halogens is 3. The van der Waals surface area contributed by atoms with Crippen LogP contribution in [0.4, 0.5) is 24.5 Å². The molecule has 106 valence electrons. The minimum absolute atomic E-state index is 0.0966. The van der Waals surface area contributed by atoms with E-state index in [9.17, 15) is 23.3 Å². The van der Waals surface area contributed by atoms with E-state index in [-0.39, 0.29) is 12.2 Å². The van der Waals surface area contributed by atoms with Crippen LogP contribution in [0, 0.1) is 10.1 Å². The van der Waals surface area contributed by atoms with Gasteiger partial charge in [0.05, 0.1) is 11.5 Å². The van der Waals surface area contributed by atoms with Gasteiger partial charge in [0.2, 0.25) is 0 Å². The molecule has 10 heteroatoms. The molecule has 0 aliphatic heterocycles. The molecule has 0 spiro atoms. The Labute approximate surface area is 110 Å². The van der Waals surface area contributed by atoms with E-state index in [1.807, 2.05) is 0 Å². The fourth-order valence-corrected chi connectivity index (χ4v) is 1.53. The number of aromatic amines is 1. The summed E-state index contributed by atoms with van der Waals surface area (Å²) in [5, 5.41) is 19.4. The number of alkyl halides is 3. The van der Waals surface area contributed by atoms with Crippen molar-refractivity contribution in [1.29, 1.82) is 0 Å². The number of benzene rings is 1. The van der Waals surface area contributed by atoms with Crippen molar-refractivity contribution in [1.82, 2.24) is 15.2 Å². The molecule has 0 fully saturated rings. The highest BCUT2D eigenvalue weighted by Crippen LogP contribution is 2.37. The predicted molar refractivity (Wildman–Crippen MR) is 61.8 cm³/mol. The van der Waals surface area contributed by atoms with Crippen LogP contribution in [0.15, 0.2) is 24.5 Å². The van der Waals surface area contributed by atoms with Gasteiger partial charge in [0.15, 0.2) is 0 Å². The first-order chi connectivity index (χ1) is 9.38. The number of hydrogen-bond acceptors (Lipinski definition) is 5. The van der Waals surface area contributed by atoms with Crippen molar-refractivity contribution < 1.29 is 18.1 Å². The summed E-state index contributed by atoms with van der Waals surface area (Å²) in [5.41, 5.74) is -2.19. The molecule has 0 unspecified atom stereocenters. The monoisotopic (exact) mass is 287 g/mol. The lowest BCUT2D eigenvalue weighted by Gasteiger charge is -2.10. The van der Waals surface area contributed by atoms with Crippen molar-refractivity contribution in [3.63, 3.8) is 0 Å². The van der Waals surface area contributed by atoms with E-state index in [2.05, 4.69) is 20.5 Å². The summed E-state index contributed by atoms with van der Waals surface area (Å²) in [5.74, 6) is 0.428. The van der Waals surface area contributed by atoms with Crippen molar-refractivity contribution in [3.8, 4) is 0 Å². The van der Waals surface area contributed by atoms with Gasteiger partial charge < -0.3 is 5.32 Å². The van der Waals surface area contributed by atoms with Crippen LogP contribution in [-0.2, 0) is 12.7 Å². The van der Waals surface area contributed by atoms with Crippen molar-refractivity contribution >= 4 is 11.4 Å². The standard InChI is InChI=1S/C10H8F3N5O2/c11-10(12,13)7-3-6(1-2-8(7)18(19)20)14-4-9-15-5-16-17-9/h1-3,5,14H,4H2,(H,15,16,17). The third-order valence-electron chi connectivity index (χ3n) is 2.42. The number of hydrogen-bond donors (Lipinski definition) is 2. The first kappa shape index (κ1) is 13.8. The second-order valence-electron chi connectivity index (χ2n) is 3.77. The molecule has 2 aromatic rings. The van der Waals surface area contributed by atoms with Gasteiger partial charge in [-0.25, -0.2) is 4.98 Å². The van der Waals surface area contributed by atoms with Crippen molar-refractivity contribution in [2.45, 2.75) is 12.7 Å². The molecular formula is C10H8F3N5O2. The second-order valence-corrected chi connectivity index (χ2v) is 3.77. The lowest BCUT2D eigenvalue weighted by atomic mass is 10.1. The van der Waals surface area contributed by atoms with Crippen molar-refractivity contribution in [2.75, 3.05) is 5.32 Å². The molecular weight excluding hydrogens is 279 g/mol. The van der Waals surface area contributed by atoms with Crippen molar-refractivity contribution in [2.24, 2.45) is 0 Å². The van der Waals surface area contributed by atoms with Crippen LogP contribution in [0.3, 0.4) is 0 Å². The van der Waals surface area contributed by atoms with E-state index < -0.39 is 22.4 Å². The van der Waals surface area contributed by atoms with Gasteiger partial charge in [-0.15, -0.1) is 0 Å². The summed E-state index contributed by atoms with van der Waals surface area (Å²) in [6.45, 7) is 0.120. The molecule has 0 aliphatic carbocycles. The van der Waals surface area contributed by atoms with Gasteiger partial charge >= 0.3 is 6.18 Å². The molecule has 2 N–H and O–H groups in total. The Balaban J connectivity index is 2.25. The SMILES string of the molecule is O=[N+]([O-])c1ccc(NCc2ncn[nH]2)cc1C(F)(F)F. The van der Waals surface area contributed by atoms with Gasteiger partial charge in [0.25, 0.3) is 5.69 Å². The molecule has 0 radical (unpaired) electrons. The Morgan fingerprint density at radius 1 is 1.40 bits per heavy atom. The van der Waals surface area contributed by atoms with Crippen LogP contribution in [0.1, 0.15) is 11.4 Å². The maximum Gasteiger partial charge on any atom is 0.423 e. The molecule has 1 aromatic heterocycles. The topological polar surface area (TPSA) is 96.7 Å². The Morgan fingerprint density at radius 3 is 2.70 bits per heavy atom. The third-order valence-corrected chi connectivity index (χ3v) is 2.42. The lowest BCUT2D eigenvalue weighted by molar-refractivity contribution is -0.388. The maximum absolute atomic E-state index is 12.7. The average Bonchev–Trinajstić information content (AvgIpc) is 2.88. The average molecular weight is 287 g/mol. The van der Waals surface area contributed by atoms with E-state index >= 15 is 0 Å². The smallest absolute Gasteiger partial charge is 0.378 e. The molecule has 0 atom stereocenters. The fourth-order valence-electron chi connectivity index (χ4n) is 1.53. The van der Waals surface area contributed by atoms with Crippen LogP contribution in [0.2, 0.25) is 0 Å². The second kappa shape index (κ2) is 5.15. The van der Waals surface area contributed by atoms with Gasteiger partial charge in [0, 0.05) is 11.8 Å². The largest absolute Gasteiger partial charge is 0.423 e. The third kappa shape index (κ3) is 3.02. The zero-order valence-corrected chi connectivity index (χ0v) is 9.81. The zero-order chi connectivity index (χ0) is 14.8. The first-order valence-corrected chi connectivity index (χ1v) is 5.31. The number of H-pyrrole nitrogens is 1. The van der Waals surface area contributed by atoms with Crippen LogP contribution in [0.5, 0.6) is 0 Å². The van der Waals surface area contributed by atoms with E-state index in [0.717, 1.165) is 6.07 Å². The molecule has 1 heterocycles. The zero-order valence-electron chi connectivity index (χ0n) is 9.81. The van der Waals surface area contributed by atoms with E-state index in [1.165, 1.54) is 12.4 Å². The molecule has 0 saturated carbocycles. The highest BCUT2D eigenvalue weighted by Gasteiger charge is 2.38. The quantitative estimate of drug-likeness (QED) is 0.664. The summed E-state index contributed by atoms with van der Waals surface area (Å²) in [7, 11) is 0. The number of aromatic nitrogens is 3. The molecule has 2 rings (SSSR count). The number of anilines is 1. The fraction of sp³-hybridized carbons (Fsp3) is 0.200. The normalized spacial score (nSPS) is 11.3. The van der Waals surface area contributed by atoms with Gasteiger partial charge in [0.1, 0.15) is 17.7 Å². The summed E-state index contributed by atoms with van der Waals surface area (Å²) in [6, 6.07) is 2.70. The lowest BCUT2D eigenvalue weighted by Crippen LogP contribution is -2.10. The number of nitrogens with zero attached hydrogens (tertiary/aromatic N) is 3. The Morgan fingerprint density at radius 2 is 2.15 bits per heavy atom. The summed E-state index contributed by atoms with van der Waals surface area (Å²) < 4.78 is 38.2. The number of nitro benzene ring substituents is 1. The molecule has 0 saturated heterocycles. The van der Waals surface area contributed by atoms with Gasteiger partial charge in [-0.2, -0.15) is 18.3 Å². The van der Waals surface area contributed by atoms with Crippen molar-refractivity contribution in [3.05, 3.63) is 46.0 Å². The molecule has 0 aliphatic rings. The number of nitrogens with one attached hydrogen (secondary N) is 2. The first-order valence-electron chi connectivity index (χ1n) is 5.31. The highest BCUT2D eigenvalue weighted by molar-refractivity contribution is 5.55. The van der Waals surface area contributed by atoms with Crippen LogP contribution < -0.4 is 5.32 Å². The summed E-state index contributed by atoms with van der Waals surface area (Å²) >= 11 is 0. The Hall–Kier alpha value is -2.65. The van der Waals surface area contributed by atoms with Gasteiger partial charge in [-0.1, -0.05) is 0 Å². The van der Waals surface area contributed by atoms with E-state index in [0.29, 0.717) is 11.9 Å². The number of nitro groups is 1. The van der Waals surface area contributed by atoms with Crippen LogP contribution >= 0.6 is 0 Å². The van der Waals surface area contributed by atoms with Gasteiger partial charge in [-0.3, -0.25) is 15.2 Å². The van der Waals surface area contributed by atoms with E-state index in [1.54, 1.807) is 0 Å². The Kier molecular flexibility index (Phi) is 3.55. The molecule has 20 heavy (non-hydrogen) atoms. The molecule has 0 amide bonds. The minimum atomic E-state index is -4.80. The highest BCUT2D eigenvalue weighted by atomic mass is 19.4. The molecule has 1 aromatic carbocycles.